The highest BCUT2D eigenvalue weighted by molar-refractivity contribution is 9.09. The Hall–Kier alpha value is -0.190. The van der Waals surface area contributed by atoms with Crippen LogP contribution in [0.4, 0.5) is 8.78 Å². The van der Waals surface area contributed by atoms with Crippen molar-refractivity contribution in [1.82, 2.24) is 0 Å². The van der Waals surface area contributed by atoms with Crippen molar-refractivity contribution in [2.45, 2.75) is 23.8 Å². The van der Waals surface area contributed by atoms with E-state index >= 15 is 0 Å². The monoisotopic (exact) mass is 310 g/mol. The predicted octanol–water partition coefficient (Wildman–Crippen LogP) is 4.23. The molecule has 0 N–H and O–H groups in total. The van der Waals surface area contributed by atoms with Gasteiger partial charge in [0.15, 0.2) is 11.6 Å². The van der Waals surface area contributed by atoms with Gasteiger partial charge in [0.2, 0.25) is 0 Å². The first kappa shape index (κ1) is 12.3. The first-order valence-corrected chi connectivity index (χ1v) is 6.29. The number of ether oxygens (including phenoxy) is 1. The molecule has 1 aromatic rings. The summed E-state index contributed by atoms with van der Waals surface area (Å²) in [4.78, 5) is -0.197. The lowest BCUT2D eigenvalue weighted by Crippen LogP contribution is -2.13. The van der Waals surface area contributed by atoms with Crippen LogP contribution in [-0.4, -0.2) is 12.7 Å². The standard InChI is InChI=1S/C11H10BrClF2O/c12-11(10-2-1-3-16-10)6-4-8(14)9(15)5-7(6)13/h4-5,10-11H,1-3H2. The SMILES string of the molecule is Fc1cc(Cl)c(C(Br)C2CCCO2)cc1F. The molecule has 1 saturated heterocycles. The fourth-order valence-electron chi connectivity index (χ4n) is 1.78. The molecule has 0 bridgehead atoms. The minimum absolute atomic E-state index is 0.0256. The van der Waals surface area contributed by atoms with Crippen LogP contribution in [0.5, 0.6) is 0 Å². The maximum absolute atomic E-state index is 13.1. The maximum atomic E-state index is 13.1. The minimum atomic E-state index is -0.930. The second-order valence-electron chi connectivity index (χ2n) is 3.74. The molecule has 1 fully saturated rings. The van der Waals surface area contributed by atoms with Gasteiger partial charge in [0.1, 0.15) is 0 Å². The van der Waals surface area contributed by atoms with Gasteiger partial charge in [0.25, 0.3) is 0 Å². The Labute approximate surface area is 106 Å². The highest BCUT2D eigenvalue weighted by Gasteiger charge is 2.27. The summed E-state index contributed by atoms with van der Waals surface area (Å²) < 4.78 is 31.5. The van der Waals surface area contributed by atoms with E-state index < -0.39 is 11.6 Å². The normalized spacial score (nSPS) is 22.4. The Balaban J connectivity index is 2.28. The summed E-state index contributed by atoms with van der Waals surface area (Å²) in [5.74, 6) is -1.82. The van der Waals surface area contributed by atoms with Crippen LogP contribution in [0.3, 0.4) is 0 Å². The van der Waals surface area contributed by atoms with Crippen LogP contribution in [-0.2, 0) is 4.74 Å². The van der Waals surface area contributed by atoms with E-state index in [4.69, 9.17) is 16.3 Å². The summed E-state index contributed by atoms with van der Waals surface area (Å²) in [6, 6.07) is 2.12. The van der Waals surface area contributed by atoms with Crippen molar-refractivity contribution in [3.05, 3.63) is 34.4 Å². The Morgan fingerprint density at radius 1 is 1.38 bits per heavy atom. The van der Waals surface area contributed by atoms with Crippen molar-refractivity contribution in [3.63, 3.8) is 0 Å². The third-order valence-corrected chi connectivity index (χ3v) is 4.04. The second-order valence-corrected chi connectivity index (χ2v) is 5.13. The van der Waals surface area contributed by atoms with Gasteiger partial charge in [-0.3, -0.25) is 0 Å². The molecule has 0 saturated carbocycles. The van der Waals surface area contributed by atoms with Crippen molar-refractivity contribution >= 4 is 27.5 Å². The van der Waals surface area contributed by atoms with Crippen molar-refractivity contribution in [3.8, 4) is 0 Å². The molecule has 2 unspecified atom stereocenters. The Kier molecular flexibility index (Phi) is 3.82. The van der Waals surface area contributed by atoms with E-state index in [9.17, 15) is 8.78 Å². The summed E-state index contributed by atoms with van der Waals surface area (Å²) in [6.45, 7) is 0.702. The maximum Gasteiger partial charge on any atom is 0.160 e. The van der Waals surface area contributed by atoms with E-state index in [0.29, 0.717) is 12.2 Å². The lowest BCUT2D eigenvalue weighted by molar-refractivity contribution is 0.110. The van der Waals surface area contributed by atoms with E-state index in [1.165, 1.54) is 0 Å². The van der Waals surface area contributed by atoms with E-state index in [0.717, 1.165) is 25.0 Å². The zero-order chi connectivity index (χ0) is 11.7. The van der Waals surface area contributed by atoms with E-state index in [-0.39, 0.29) is 16.0 Å². The van der Waals surface area contributed by atoms with Crippen LogP contribution in [0.1, 0.15) is 23.2 Å². The van der Waals surface area contributed by atoms with Crippen molar-refractivity contribution in [2.75, 3.05) is 6.61 Å². The van der Waals surface area contributed by atoms with Crippen LogP contribution in [0, 0.1) is 11.6 Å². The fourth-order valence-corrected chi connectivity index (χ4v) is 2.98. The van der Waals surface area contributed by atoms with Gasteiger partial charge in [-0.25, -0.2) is 8.78 Å². The average Bonchev–Trinajstić information content (AvgIpc) is 2.75. The van der Waals surface area contributed by atoms with Gasteiger partial charge < -0.3 is 4.74 Å². The van der Waals surface area contributed by atoms with Gasteiger partial charge >= 0.3 is 0 Å². The third-order valence-electron chi connectivity index (χ3n) is 2.63. The first-order valence-electron chi connectivity index (χ1n) is 4.99. The molecule has 1 aliphatic rings. The molecule has 1 heterocycles. The first-order chi connectivity index (χ1) is 7.59. The predicted molar refractivity (Wildman–Crippen MR) is 62.0 cm³/mol. The van der Waals surface area contributed by atoms with Gasteiger partial charge in [-0.15, -0.1) is 0 Å². The lowest BCUT2D eigenvalue weighted by Gasteiger charge is -2.18. The highest BCUT2D eigenvalue weighted by atomic mass is 79.9. The Bertz CT molecular complexity index is 394. The van der Waals surface area contributed by atoms with E-state index in [2.05, 4.69) is 15.9 Å². The number of hydrogen-bond donors (Lipinski definition) is 0. The number of alkyl halides is 1. The molecule has 0 aromatic heterocycles. The van der Waals surface area contributed by atoms with Crippen molar-refractivity contribution < 1.29 is 13.5 Å². The third kappa shape index (κ3) is 2.39. The molecule has 0 spiro atoms. The molecule has 0 radical (unpaired) electrons. The lowest BCUT2D eigenvalue weighted by atomic mass is 10.1. The topological polar surface area (TPSA) is 9.23 Å². The van der Waals surface area contributed by atoms with Crippen LogP contribution in [0.25, 0.3) is 0 Å². The van der Waals surface area contributed by atoms with E-state index in [1.807, 2.05) is 0 Å². The summed E-state index contributed by atoms with van der Waals surface area (Å²) in [6.07, 6.45) is 1.85. The Morgan fingerprint density at radius 3 is 2.69 bits per heavy atom. The second kappa shape index (κ2) is 4.98. The molecule has 1 nitrogen and oxygen atoms in total. The quantitative estimate of drug-likeness (QED) is 0.586. The Morgan fingerprint density at radius 2 is 2.06 bits per heavy atom. The zero-order valence-corrected chi connectivity index (χ0v) is 10.7. The van der Waals surface area contributed by atoms with Gasteiger partial charge in [-0.05, 0) is 30.5 Å². The van der Waals surface area contributed by atoms with Crippen LogP contribution < -0.4 is 0 Å². The number of benzene rings is 1. The van der Waals surface area contributed by atoms with Gasteiger partial charge in [0.05, 0.1) is 10.9 Å². The molecule has 88 valence electrons. The van der Waals surface area contributed by atoms with Gasteiger partial charge in [-0.2, -0.15) is 0 Å². The van der Waals surface area contributed by atoms with E-state index in [1.54, 1.807) is 0 Å². The molecule has 0 aliphatic carbocycles. The smallest absolute Gasteiger partial charge is 0.160 e. The molecule has 1 aliphatic heterocycles. The van der Waals surface area contributed by atoms with Crippen LogP contribution >= 0.6 is 27.5 Å². The highest BCUT2D eigenvalue weighted by Crippen LogP contribution is 2.38. The molecular formula is C11H10BrClF2O. The number of rotatable bonds is 2. The van der Waals surface area contributed by atoms with Crippen molar-refractivity contribution in [2.24, 2.45) is 0 Å². The molecule has 2 atom stereocenters. The molecule has 2 rings (SSSR count). The van der Waals surface area contributed by atoms with Gasteiger partial charge in [-0.1, -0.05) is 27.5 Å². The molecule has 1 aromatic carbocycles. The van der Waals surface area contributed by atoms with Crippen LogP contribution in [0.15, 0.2) is 12.1 Å². The summed E-state index contributed by atoms with van der Waals surface area (Å²) in [5.41, 5.74) is 0.535. The fraction of sp³-hybridized carbons (Fsp3) is 0.455. The zero-order valence-electron chi connectivity index (χ0n) is 8.35. The molecule has 16 heavy (non-hydrogen) atoms. The minimum Gasteiger partial charge on any atom is -0.377 e. The number of hydrogen-bond acceptors (Lipinski definition) is 1. The molecular weight excluding hydrogens is 301 g/mol. The average molecular weight is 312 g/mol. The summed E-state index contributed by atoms with van der Waals surface area (Å²) >= 11 is 9.31. The number of halogens is 4. The van der Waals surface area contributed by atoms with Crippen LogP contribution in [0.2, 0.25) is 5.02 Å². The summed E-state index contributed by atoms with van der Waals surface area (Å²) in [7, 11) is 0. The largest absolute Gasteiger partial charge is 0.377 e. The van der Waals surface area contributed by atoms with Crippen molar-refractivity contribution in [1.29, 1.82) is 0 Å². The molecule has 0 amide bonds. The van der Waals surface area contributed by atoms with Gasteiger partial charge in [0, 0.05) is 11.6 Å². The summed E-state index contributed by atoms with van der Waals surface area (Å²) in [5, 5.41) is 0.219. The molecule has 5 heteroatoms.